The summed E-state index contributed by atoms with van der Waals surface area (Å²) in [7, 11) is 7.74. The second kappa shape index (κ2) is 4.71. The molecule has 0 amide bonds. The molecule has 2 N–H and O–H groups in total. The van der Waals surface area contributed by atoms with E-state index in [-0.39, 0.29) is 0 Å². The quantitative estimate of drug-likeness (QED) is 0.219. The fourth-order valence-electron chi connectivity index (χ4n) is 31.2. The third kappa shape index (κ3) is 0.755. The molecule has 4 saturated carbocycles. The molecule has 1 spiro atoms. The molecule has 12 aliphatic heterocycles. The molecule has 5 heteroatoms. The zero-order valence-corrected chi connectivity index (χ0v) is 32.5. The van der Waals surface area contributed by atoms with Crippen molar-refractivity contribution in [2.45, 2.75) is 134 Å². The Morgan fingerprint density at radius 1 is 0.673 bits per heavy atom. The van der Waals surface area contributed by atoms with Crippen molar-refractivity contribution in [1.82, 2.24) is 10.6 Å². The molecule has 18 rings (SSSR count). The fraction of sp³-hybridized carbons (Fsp3) is 0.727. The molecule has 16 fully saturated rings. The van der Waals surface area contributed by atoms with E-state index < -0.39 is 6.51 Å². The molecular formula is C44H56FeN2P2. The molecule has 0 aromatic heterocycles. The van der Waals surface area contributed by atoms with Gasteiger partial charge in [0.25, 0.3) is 0 Å². The van der Waals surface area contributed by atoms with E-state index in [4.69, 9.17) is 0 Å². The Labute approximate surface area is 288 Å². The van der Waals surface area contributed by atoms with Crippen molar-refractivity contribution in [2.24, 2.45) is 29.1 Å². The van der Waals surface area contributed by atoms with Crippen LogP contribution in [0, 0.1) is 29.1 Å². The first-order valence-corrected chi connectivity index (χ1v) is 28.6. The summed E-state index contributed by atoms with van der Waals surface area (Å²) in [4.78, 5) is 7.10. The number of fused-ring (bicyclic) bond motifs is 11. The number of benzene rings is 2. The van der Waals surface area contributed by atoms with E-state index >= 15 is 0 Å². The van der Waals surface area contributed by atoms with Crippen LogP contribution in [-0.4, -0.2) is 36.5 Å². The van der Waals surface area contributed by atoms with E-state index in [1.807, 2.05) is 11.1 Å². The first-order valence-electron chi connectivity index (χ1n) is 21.1. The van der Waals surface area contributed by atoms with E-state index in [0.29, 0.717) is 39.9 Å². The first-order chi connectivity index (χ1) is 23.9. The summed E-state index contributed by atoms with van der Waals surface area (Å²) in [5.41, 5.74) is 4.40. The van der Waals surface area contributed by atoms with Crippen LogP contribution in [0.5, 0.6) is 0 Å². The van der Waals surface area contributed by atoms with Gasteiger partial charge in [0, 0.05) is 0 Å². The van der Waals surface area contributed by atoms with Crippen LogP contribution in [0.15, 0.2) is 60.7 Å². The van der Waals surface area contributed by atoms with Gasteiger partial charge in [-0.25, -0.2) is 0 Å². The van der Waals surface area contributed by atoms with Gasteiger partial charge in [-0.05, 0) is 0 Å². The van der Waals surface area contributed by atoms with Crippen molar-refractivity contribution >= 4 is 18.5 Å². The Bertz CT molecular complexity index is 2300. The van der Waals surface area contributed by atoms with Crippen LogP contribution in [0.3, 0.4) is 0 Å². The number of hydrogen-bond donors (Lipinski definition) is 2. The third-order valence-electron chi connectivity index (χ3n) is 27.5. The van der Waals surface area contributed by atoms with Crippen molar-refractivity contribution in [3.8, 4) is 0 Å². The molecule has 4 bridgehead atoms. The summed E-state index contributed by atoms with van der Waals surface area (Å²) in [6.07, 6.45) is 17.9. The number of piperidine rings is 2. The minimum absolute atomic E-state index is 0.309. The average molecular weight is 731 g/mol. The predicted octanol–water partition coefficient (Wildman–Crippen LogP) is 9.55. The predicted molar refractivity (Wildman–Crippen MR) is 202 cm³/mol. The zero-order valence-electron chi connectivity index (χ0n) is 29.1. The molecule has 9 unspecified atom stereocenters. The maximum atomic E-state index is 4.47. The molecule has 9 atom stereocenters. The Hall–Kier alpha value is -0.261. The Balaban J connectivity index is 1.09. The van der Waals surface area contributed by atoms with E-state index in [2.05, 4.69) is 89.8 Å². The van der Waals surface area contributed by atoms with E-state index in [0.717, 1.165) is 28.5 Å². The topological polar surface area (TPSA) is 24.1 Å². The van der Waals surface area contributed by atoms with Crippen LogP contribution in [0.2, 0.25) is 37.5 Å². The van der Waals surface area contributed by atoms with Crippen molar-refractivity contribution in [3.05, 3.63) is 71.8 Å². The first kappa shape index (κ1) is 26.5. The van der Waals surface area contributed by atoms with Crippen molar-refractivity contribution < 1.29 is 6.51 Å². The van der Waals surface area contributed by atoms with Gasteiger partial charge in [0.1, 0.15) is 0 Å². The van der Waals surface area contributed by atoms with E-state index in [1.165, 1.54) is 81.9 Å². The molecule has 2 aromatic rings. The van der Waals surface area contributed by atoms with Crippen LogP contribution < -0.4 is 10.6 Å². The molecule has 0 radical (unpaired) electrons. The zero-order chi connectivity index (χ0) is 31.8. The van der Waals surface area contributed by atoms with Gasteiger partial charge in [-0.15, -0.1) is 0 Å². The maximum absolute atomic E-state index is 4.78. The molecule has 2 aromatic carbocycles. The van der Waals surface area contributed by atoms with Gasteiger partial charge >= 0.3 is 290 Å². The second-order valence-electron chi connectivity index (χ2n) is 23.1. The van der Waals surface area contributed by atoms with Gasteiger partial charge in [-0.2, -0.15) is 0 Å². The van der Waals surface area contributed by atoms with Crippen LogP contribution in [-0.2, 0) is 15.1 Å². The SMILES string of the molecule is PCC1([C]23[C]4(c5ccccc5)[C]5(c6ccccc6)[CH]6[C]2(C(P)(C2CCCCN2)C2CCCCN2)[Fe]65432789[CH]3[CH]2[CH]7[CH]8[CH]39)C2CC3CC(C2)CC1C3. The Morgan fingerprint density at radius 2 is 1.18 bits per heavy atom. The molecule has 260 valence electrons. The van der Waals surface area contributed by atoms with Crippen LogP contribution in [0.25, 0.3) is 0 Å². The standard InChI is InChI=1S/C39H51N2P2.C5H5.Fe/c42-25-38(30-20-26-19-27(22-30)23-31(38)21-26)37-33(39(43,34-15-7-9-17-40-34)35-16-8-10-18-41-35)24-32(28-11-3-1-4-12-28)36(37)29-13-5-2-6-14-29;1-2-4-5-3-1;/h1-6,11-14,24,26-27,30-31,34-35,40-41H,7-10,15-23,25,42-43H2;1-5H;. The van der Waals surface area contributed by atoms with Crippen LogP contribution in [0.1, 0.15) is 81.8 Å². The molecule has 12 saturated heterocycles. The van der Waals surface area contributed by atoms with Crippen molar-refractivity contribution in [3.63, 3.8) is 0 Å². The number of nitrogens with one attached hydrogen (secondary N) is 2. The van der Waals surface area contributed by atoms with Gasteiger partial charge in [0.05, 0.1) is 0 Å². The molecule has 2 nitrogen and oxygen atoms in total. The summed E-state index contributed by atoms with van der Waals surface area (Å²) in [5.74, 6) is 4.10. The van der Waals surface area contributed by atoms with Crippen LogP contribution in [0.4, 0.5) is 0 Å². The average Bonchev–Trinajstić information content (AvgIpc) is 4.11. The Morgan fingerprint density at radius 3 is 1.63 bits per heavy atom. The van der Waals surface area contributed by atoms with Crippen LogP contribution >= 0.6 is 18.5 Å². The summed E-state index contributed by atoms with van der Waals surface area (Å²) in [6, 6.07) is 27.2. The van der Waals surface area contributed by atoms with Gasteiger partial charge in [-0.1, -0.05) is 0 Å². The monoisotopic (exact) mass is 730 g/mol. The van der Waals surface area contributed by atoms with Gasteiger partial charge in [0.15, 0.2) is 0 Å². The third-order valence-corrected chi connectivity index (χ3v) is 73.8. The molecule has 49 heavy (non-hydrogen) atoms. The summed E-state index contributed by atoms with van der Waals surface area (Å²) >= 11 is 0. The van der Waals surface area contributed by atoms with Gasteiger partial charge in [0.2, 0.25) is 0 Å². The van der Waals surface area contributed by atoms with E-state index in [1.54, 1.807) is 32.1 Å². The summed E-state index contributed by atoms with van der Waals surface area (Å²) < 4.78 is 2.37. The minimum atomic E-state index is -4.78. The van der Waals surface area contributed by atoms with Crippen molar-refractivity contribution in [1.29, 1.82) is 0 Å². The number of rotatable bonds is 7. The Kier molecular flexibility index (Phi) is 2.55. The van der Waals surface area contributed by atoms with E-state index in [9.17, 15) is 0 Å². The fourth-order valence-corrected chi connectivity index (χ4v) is 119. The summed E-state index contributed by atoms with van der Waals surface area (Å²) in [5, 5.41) is 9.24. The normalized spacial score (nSPS) is 74.4. The van der Waals surface area contributed by atoms with Gasteiger partial charge < -0.3 is 0 Å². The second-order valence-corrected chi connectivity index (χ2v) is 47.0. The van der Waals surface area contributed by atoms with Crippen molar-refractivity contribution in [2.75, 3.05) is 19.3 Å². The van der Waals surface area contributed by atoms with Gasteiger partial charge in [-0.3, -0.25) is 0 Å². The molecule has 12 heterocycles. The molecule has 4 aliphatic carbocycles. The summed E-state index contributed by atoms with van der Waals surface area (Å²) in [6.45, 7) is -2.26. The number of hydrogen-bond acceptors (Lipinski definition) is 2. The molecule has 16 aliphatic rings. The molecular weight excluding hydrogens is 674 g/mol.